The highest BCUT2D eigenvalue weighted by atomic mass is 35.5. The summed E-state index contributed by atoms with van der Waals surface area (Å²) in [5.41, 5.74) is 0.857. The zero-order valence-corrected chi connectivity index (χ0v) is 12.7. The molecule has 2 N–H and O–H groups in total. The molecule has 8 heteroatoms. The van der Waals surface area contributed by atoms with Gasteiger partial charge in [0.15, 0.2) is 5.69 Å². The molecule has 1 aliphatic rings. The molecule has 2 heterocycles. The number of carbonyl (C=O) groups is 2. The first-order valence-electron chi connectivity index (χ1n) is 5.95. The molecule has 2 aromatic rings. The van der Waals surface area contributed by atoms with Gasteiger partial charge in [0, 0.05) is 22.4 Å². The summed E-state index contributed by atoms with van der Waals surface area (Å²) in [6.45, 7) is 0. The van der Waals surface area contributed by atoms with Crippen LogP contribution in [0.1, 0.15) is 33.3 Å². The summed E-state index contributed by atoms with van der Waals surface area (Å²) in [6, 6.07) is 5.04. The summed E-state index contributed by atoms with van der Waals surface area (Å²) in [5.74, 6) is -1.75. The monoisotopic (exact) mass is 342 g/mol. The van der Waals surface area contributed by atoms with Crippen LogP contribution in [0.25, 0.3) is 0 Å². The molecule has 5 nitrogen and oxygen atoms in total. The number of anilines is 1. The quantitative estimate of drug-likeness (QED) is 0.873. The van der Waals surface area contributed by atoms with Crippen LogP contribution in [-0.4, -0.2) is 21.4 Å². The Bertz CT molecular complexity index is 760. The summed E-state index contributed by atoms with van der Waals surface area (Å²) >= 11 is 13.1. The van der Waals surface area contributed by atoms with Crippen molar-refractivity contribution in [1.82, 2.24) is 4.37 Å². The fourth-order valence-corrected chi connectivity index (χ4v) is 3.79. The van der Waals surface area contributed by atoms with Crippen LogP contribution in [0.4, 0.5) is 5.69 Å². The molecular weight excluding hydrogens is 335 g/mol. The lowest BCUT2D eigenvalue weighted by Gasteiger charge is -2.23. The van der Waals surface area contributed by atoms with Crippen LogP contribution < -0.4 is 5.32 Å². The first-order chi connectivity index (χ1) is 9.97. The van der Waals surface area contributed by atoms with Gasteiger partial charge in [-0.1, -0.05) is 29.3 Å². The lowest BCUT2D eigenvalue weighted by atomic mass is 9.90. The maximum absolute atomic E-state index is 11.9. The van der Waals surface area contributed by atoms with Gasteiger partial charge in [0.2, 0.25) is 5.91 Å². The predicted octanol–water partition coefficient (Wildman–Crippen LogP) is 3.62. The van der Waals surface area contributed by atoms with E-state index >= 15 is 0 Å². The molecule has 21 heavy (non-hydrogen) atoms. The number of carboxylic acids is 1. The molecule has 1 amide bonds. The smallest absolute Gasteiger partial charge is 0.357 e. The van der Waals surface area contributed by atoms with E-state index in [4.69, 9.17) is 28.3 Å². The number of hydrogen-bond acceptors (Lipinski definition) is 4. The van der Waals surface area contributed by atoms with E-state index in [0.29, 0.717) is 14.9 Å². The van der Waals surface area contributed by atoms with Gasteiger partial charge < -0.3 is 10.4 Å². The molecule has 1 aliphatic heterocycles. The van der Waals surface area contributed by atoms with Crippen LogP contribution in [-0.2, 0) is 4.79 Å². The minimum atomic E-state index is -1.17. The number of fused-ring (bicyclic) bond motifs is 1. The Kier molecular flexibility index (Phi) is 3.61. The van der Waals surface area contributed by atoms with E-state index < -0.39 is 5.97 Å². The number of aromatic nitrogens is 1. The molecule has 1 aromatic carbocycles. The largest absolute Gasteiger partial charge is 0.476 e. The second-order valence-electron chi connectivity index (χ2n) is 4.55. The highest BCUT2D eigenvalue weighted by Crippen LogP contribution is 2.43. The molecule has 3 rings (SSSR count). The van der Waals surface area contributed by atoms with Crippen molar-refractivity contribution >= 4 is 52.3 Å². The summed E-state index contributed by atoms with van der Waals surface area (Å²) < 4.78 is 3.91. The molecule has 1 atom stereocenters. The molecular formula is C13H8Cl2N2O3S. The Morgan fingerprint density at radius 2 is 2.19 bits per heavy atom. The highest BCUT2D eigenvalue weighted by molar-refractivity contribution is 7.06. The van der Waals surface area contributed by atoms with Crippen molar-refractivity contribution in [3.05, 3.63) is 44.4 Å². The molecule has 108 valence electrons. The third kappa shape index (κ3) is 2.50. The fraction of sp³-hybridized carbons (Fsp3) is 0.154. The van der Waals surface area contributed by atoms with Crippen molar-refractivity contribution in [2.24, 2.45) is 0 Å². The van der Waals surface area contributed by atoms with Gasteiger partial charge in [0.1, 0.15) is 0 Å². The number of carboxylic acid groups (broad SMARTS) is 1. The Morgan fingerprint density at radius 3 is 2.86 bits per heavy atom. The van der Waals surface area contributed by atoms with Crippen LogP contribution in [0, 0.1) is 0 Å². The topological polar surface area (TPSA) is 79.3 Å². The fourth-order valence-electron chi connectivity index (χ4n) is 2.31. The number of nitrogens with zero attached hydrogens (tertiary/aromatic N) is 1. The van der Waals surface area contributed by atoms with E-state index in [1.807, 2.05) is 0 Å². The Morgan fingerprint density at radius 1 is 1.43 bits per heavy atom. The SMILES string of the molecule is O=C1C[C@H](c2ccc(Cl)cc2Cl)c2snc(C(=O)O)c2N1. The van der Waals surface area contributed by atoms with E-state index in [0.717, 1.165) is 17.1 Å². The van der Waals surface area contributed by atoms with Gasteiger partial charge in [0.25, 0.3) is 0 Å². The van der Waals surface area contributed by atoms with Crippen molar-refractivity contribution in [2.75, 3.05) is 5.32 Å². The van der Waals surface area contributed by atoms with Crippen LogP contribution in [0.3, 0.4) is 0 Å². The van der Waals surface area contributed by atoms with E-state index in [-0.39, 0.29) is 29.6 Å². The summed E-state index contributed by atoms with van der Waals surface area (Å²) in [6.07, 6.45) is 0.190. The van der Waals surface area contributed by atoms with Crippen LogP contribution in [0.15, 0.2) is 18.2 Å². The van der Waals surface area contributed by atoms with E-state index in [9.17, 15) is 9.59 Å². The number of amides is 1. The standard InChI is InChI=1S/C13H8Cl2N2O3S/c14-5-1-2-6(8(15)3-5)7-4-9(18)16-10-11(13(19)20)17-21-12(7)10/h1-3,7H,4H2,(H,16,18)(H,19,20)/t7-/m1/s1. The molecule has 0 saturated heterocycles. The summed E-state index contributed by atoms with van der Waals surface area (Å²) in [7, 11) is 0. The average Bonchev–Trinajstić information content (AvgIpc) is 2.81. The van der Waals surface area contributed by atoms with E-state index in [1.165, 1.54) is 0 Å². The number of halogens is 2. The molecule has 0 bridgehead atoms. The van der Waals surface area contributed by atoms with Gasteiger partial charge >= 0.3 is 5.97 Å². The van der Waals surface area contributed by atoms with Gasteiger partial charge in [0.05, 0.1) is 10.6 Å². The summed E-state index contributed by atoms with van der Waals surface area (Å²) in [4.78, 5) is 23.7. The molecule has 1 aromatic heterocycles. The Labute approximate surface area is 133 Å². The van der Waals surface area contributed by atoms with Gasteiger partial charge in [-0.05, 0) is 29.2 Å². The maximum atomic E-state index is 11.9. The number of hydrogen-bond donors (Lipinski definition) is 2. The predicted molar refractivity (Wildman–Crippen MR) is 80.6 cm³/mol. The Balaban J connectivity index is 2.13. The number of benzene rings is 1. The number of aromatic carboxylic acids is 1. The zero-order chi connectivity index (χ0) is 15.1. The van der Waals surface area contributed by atoms with Crippen LogP contribution in [0.2, 0.25) is 10.0 Å². The average molecular weight is 343 g/mol. The first-order valence-corrected chi connectivity index (χ1v) is 7.48. The van der Waals surface area contributed by atoms with Crippen molar-refractivity contribution in [1.29, 1.82) is 0 Å². The lowest BCUT2D eigenvalue weighted by Crippen LogP contribution is -2.23. The van der Waals surface area contributed by atoms with E-state index in [2.05, 4.69) is 9.69 Å². The van der Waals surface area contributed by atoms with Crippen LogP contribution >= 0.6 is 34.7 Å². The third-order valence-electron chi connectivity index (χ3n) is 3.23. The van der Waals surface area contributed by atoms with Crippen LogP contribution in [0.5, 0.6) is 0 Å². The van der Waals surface area contributed by atoms with E-state index in [1.54, 1.807) is 18.2 Å². The lowest BCUT2D eigenvalue weighted by molar-refractivity contribution is -0.116. The van der Waals surface area contributed by atoms with Gasteiger partial charge in [-0.25, -0.2) is 4.79 Å². The molecule has 0 radical (unpaired) electrons. The van der Waals surface area contributed by atoms with Crippen molar-refractivity contribution in [2.45, 2.75) is 12.3 Å². The maximum Gasteiger partial charge on any atom is 0.357 e. The second kappa shape index (κ2) is 5.29. The van der Waals surface area contributed by atoms with Crippen molar-refractivity contribution in [3.8, 4) is 0 Å². The zero-order valence-electron chi connectivity index (χ0n) is 10.4. The molecule has 0 aliphatic carbocycles. The number of carbonyl (C=O) groups excluding carboxylic acids is 1. The Hall–Kier alpha value is -1.63. The first kappa shape index (κ1) is 14.3. The third-order valence-corrected chi connectivity index (χ3v) is 4.75. The van der Waals surface area contributed by atoms with Gasteiger partial charge in [-0.3, -0.25) is 4.79 Å². The number of nitrogens with one attached hydrogen (secondary N) is 1. The summed E-state index contributed by atoms with van der Waals surface area (Å²) in [5, 5.41) is 12.6. The second-order valence-corrected chi connectivity index (χ2v) is 6.19. The highest BCUT2D eigenvalue weighted by Gasteiger charge is 2.33. The molecule has 0 fully saturated rings. The van der Waals surface area contributed by atoms with Crippen molar-refractivity contribution < 1.29 is 14.7 Å². The minimum Gasteiger partial charge on any atom is -0.476 e. The van der Waals surface area contributed by atoms with Gasteiger partial charge in [-0.2, -0.15) is 4.37 Å². The normalized spacial score (nSPS) is 17.2. The molecule has 0 unspecified atom stereocenters. The minimum absolute atomic E-state index is 0.141. The molecule has 0 spiro atoms. The van der Waals surface area contributed by atoms with Gasteiger partial charge in [-0.15, -0.1) is 0 Å². The number of rotatable bonds is 2. The molecule has 0 saturated carbocycles. The van der Waals surface area contributed by atoms with Crippen molar-refractivity contribution in [3.63, 3.8) is 0 Å².